The lowest BCUT2D eigenvalue weighted by Crippen LogP contribution is -2.23. The minimum atomic E-state index is -4.01. The zero-order valence-electron chi connectivity index (χ0n) is 15.8. The van der Waals surface area contributed by atoms with E-state index in [1.165, 1.54) is 41.2 Å². The first-order valence-electron chi connectivity index (χ1n) is 8.68. The molecule has 2 aromatic heterocycles. The van der Waals surface area contributed by atoms with Crippen molar-refractivity contribution in [2.24, 2.45) is 0 Å². The van der Waals surface area contributed by atoms with Gasteiger partial charge in [0.05, 0.1) is 16.3 Å². The number of carboxylic acid groups (broad SMARTS) is 1. The highest BCUT2D eigenvalue weighted by atomic mass is 32.2. The number of pyridine rings is 1. The lowest BCUT2D eigenvalue weighted by Gasteiger charge is -2.11. The first-order chi connectivity index (χ1) is 13.7. The average Bonchev–Trinajstić information content (AvgIpc) is 3.08. The molecule has 0 saturated heterocycles. The average molecular weight is 418 g/mol. The van der Waals surface area contributed by atoms with Gasteiger partial charge in [0.2, 0.25) is 9.84 Å². The van der Waals surface area contributed by atoms with Crippen molar-refractivity contribution in [3.8, 4) is 5.69 Å². The Morgan fingerprint density at radius 3 is 2.62 bits per heavy atom. The molecule has 1 amide bonds. The Labute approximate surface area is 166 Å². The lowest BCUT2D eigenvalue weighted by atomic mass is 10.2. The monoisotopic (exact) mass is 418 g/mol. The van der Waals surface area contributed by atoms with Crippen molar-refractivity contribution in [3.05, 3.63) is 65.4 Å². The quantitative estimate of drug-likeness (QED) is 0.636. The van der Waals surface area contributed by atoms with Crippen LogP contribution in [-0.4, -0.2) is 40.9 Å². The molecule has 2 heterocycles. The number of nitrogens with one attached hydrogen (secondary N) is 1. The molecule has 10 heteroatoms. The fraction of sp³-hybridized carbons (Fsp3) is 0.211. The number of rotatable bonds is 6. The van der Waals surface area contributed by atoms with Gasteiger partial charge in [-0.2, -0.15) is 5.10 Å². The molecule has 29 heavy (non-hydrogen) atoms. The molecule has 0 unspecified atom stereocenters. The summed E-state index contributed by atoms with van der Waals surface area (Å²) in [6.45, 7) is 3.51. The van der Waals surface area contributed by atoms with E-state index in [2.05, 4.69) is 15.4 Å². The van der Waals surface area contributed by atoms with E-state index in [1.54, 1.807) is 19.9 Å². The summed E-state index contributed by atoms with van der Waals surface area (Å²) in [5, 5.41) is 15.1. The molecule has 0 fully saturated rings. The molecule has 2 N–H and O–H groups in total. The van der Waals surface area contributed by atoms with Crippen LogP contribution in [0, 0.1) is 19.7 Å². The maximum absolute atomic E-state index is 13.9. The fourth-order valence-corrected chi connectivity index (χ4v) is 4.08. The van der Waals surface area contributed by atoms with E-state index in [-0.39, 0.29) is 28.6 Å². The summed E-state index contributed by atoms with van der Waals surface area (Å²) in [6.07, 6.45) is 0.234. The number of benzene rings is 1. The Balaban J connectivity index is 2.13. The van der Waals surface area contributed by atoms with Crippen molar-refractivity contribution in [2.75, 3.05) is 6.54 Å². The van der Waals surface area contributed by atoms with Gasteiger partial charge in [0, 0.05) is 24.9 Å². The minimum absolute atomic E-state index is 0.0199. The van der Waals surface area contributed by atoms with E-state index in [0.717, 1.165) is 0 Å². The largest absolute Gasteiger partial charge is 0.465 e. The van der Waals surface area contributed by atoms with Crippen LogP contribution in [0.25, 0.3) is 5.69 Å². The fourth-order valence-electron chi connectivity index (χ4n) is 2.74. The van der Waals surface area contributed by atoms with E-state index in [4.69, 9.17) is 5.11 Å². The molecular weight excluding hydrogens is 399 g/mol. The third kappa shape index (κ3) is 4.43. The van der Waals surface area contributed by atoms with Gasteiger partial charge >= 0.3 is 6.09 Å². The van der Waals surface area contributed by atoms with E-state index in [1.807, 2.05) is 0 Å². The number of aromatic nitrogens is 3. The summed E-state index contributed by atoms with van der Waals surface area (Å²) in [7, 11) is -4.01. The molecule has 1 aromatic carbocycles. The normalized spacial score (nSPS) is 11.4. The van der Waals surface area contributed by atoms with Crippen LogP contribution in [0.2, 0.25) is 0 Å². The van der Waals surface area contributed by atoms with Crippen molar-refractivity contribution < 1.29 is 22.7 Å². The number of hydrogen-bond acceptors (Lipinski definition) is 5. The van der Waals surface area contributed by atoms with Crippen LogP contribution in [0.15, 0.2) is 52.5 Å². The van der Waals surface area contributed by atoms with Gasteiger partial charge in [-0.3, -0.25) is 4.98 Å². The van der Waals surface area contributed by atoms with Crippen LogP contribution in [0.4, 0.5) is 9.18 Å². The number of aryl methyl sites for hydroxylation is 2. The SMILES string of the molecule is Cc1ccc(S(=O)(=O)c2cc(CCNC(=O)O)nn2-c2cc(F)ccc2C)cn1. The van der Waals surface area contributed by atoms with Crippen molar-refractivity contribution in [1.82, 2.24) is 20.1 Å². The third-order valence-electron chi connectivity index (χ3n) is 4.25. The molecule has 3 aromatic rings. The Morgan fingerprint density at radius 2 is 1.97 bits per heavy atom. The summed E-state index contributed by atoms with van der Waals surface area (Å²) in [6, 6.07) is 8.40. The number of hydrogen-bond donors (Lipinski definition) is 2. The number of amides is 1. The smallest absolute Gasteiger partial charge is 0.404 e. The molecule has 8 nitrogen and oxygen atoms in total. The number of carbonyl (C=O) groups is 1. The van der Waals surface area contributed by atoms with Gasteiger partial charge in [-0.05, 0) is 49.7 Å². The van der Waals surface area contributed by atoms with Crippen LogP contribution >= 0.6 is 0 Å². The summed E-state index contributed by atoms with van der Waals surface area (Å²) in [5.74, 6) is -0.532. The minimum Gasteiger partial charge on any atom is -0.465 e. The Hall–Kier alpha value is -3.27. The van der Waals surface area contributed by atoms with E-state index in [9.17, 15) is 17.6 Å². The summed E-state index contributed by atoms with van der Waals surface area (Å²) in [5.41, 5.74) is 1.92. The second kappa shape index (κ2) is 8.00. The molecule has 0 bridgehead atoms. The predicted molar refractivity (Wildman–Crippen MR) is 102 cm³/mol. The Kier molecular flexibility index (Phi) is 5.64. The van der Waals surface area contributed by atoms with Gasteiger partial charge < -0.3 is 10.4 Å². The highest BCUT2D eigenvalue weighted by molar-refractivity contribution is 7.91. The molecule has 0 spiro atoms. The van der Waals surface area contributed by atoms with E-state index in [0.29, 0.717) is 17.0 Å². The second-order valence-corrected chi connectivity index (χ2v) is 8.33. The summed E-state index contributed by atoms with van der Waals surface area (Å²) < 4.78 is 41.5. The van der Waals surface area contributed by atoms with Crippen molar-refractivity contribution in [2.45, 2.75) is 30.2 Å². The Morgan fingerprint density at radius 1 is 1.21 bits per heavy atom. The molecule has 0 radical (unpaired) electrons. The van der Waals surface area contributed by atoms with Gasteiger partial charge in [0.1, 0.15) is 5.82 Å². The van der Waals surface area contributed by atoms with Gasteiger partial charge in [-0.1, -0.05) is 6.07 Å². The van der Waals surface area contributed by atoms with Crippen LogP contribution in [0.5, 0.6) is 0 Å². The topological polar surface area (TPSA) is 114 Å². The van der Waals surface area contributed by atoms with Gasteiger partial charge in [0.15, 0.2) is 5.03 Å². The number of halogens is 1. The van der Waals surface area contributed by atoms with Crippen molar-refractivity contribution in [3.63, 3.8) is 0 Å². The maximum atomic E-state index is 13.9. The van der Waals surface area contributed by atoms with Crippen LogP contribution in [0.3, 0.4) is 0 Å². The van der Waals surface area contributed by atoms with Gasteiger partial charge in [-0.15, -0.1) is 0 Å². The molecular formula is C19H19FN4O4S. The zero-order chi connectivity index (χ0) is 21.2. The molecule has 0 aliphatic heterocycles. The highest BCUT2D eigenvalue weighted by Gasteiger charge is 2.26. The standard InChI is InChI=1S/C19H19FN4O4S/c1-12-3-5-14(20)9-17(12)24-18(10-15(23-24)7-8-21-19(25)26)29(27,28)16-6-4-13(2)22-11-16/h3-6,9-11,21H,7-8H2,1-2H3,(H,25,26). The first-order valence-corrected chi connectivity index (χ1v) is 10.2. The van der Waals surface area contributed by atoms with E-state index < -0.39 is 21.7 Å². The summed E-state index contributed by atoms with van der Waals surface area (Å²) >= 11 is 0. The van der Waals surface area contributed by atoms with Gasteiger partial charge in [0.25, 0.3) is 0 Å². The molecule has 0 aliphatic rings. The second-order valence-electron chi connectivity index (χ2n) is 6.44. The molecule has 3 rings (SSSR count). The molecule has 152 valence electrons. The lowest BCUT2D eigenvalue weighted by molar-refractivity contribution is 0.194. The maximum Gasteiger partial charge on any atom is 0.404 e. The van der Waals surface area contributed by atoms with Crippen LogP contribution in [-0.2, 0) is 16.3 Å². The van der Waals surface area contributed by atoms with E-state index >= 15 is 0 Å². The van der Waals surface area contributed by atoms with Crippen molar-refractivity contribution >= 4 is 15.9 Å². The summed E-state index contributed by atoms with van der Waals surface area (Å²) in [4.78, 5) is 14.7. The molecule has 0 saturated carbocycles. The number of nitrogens with zero attached hydrogens (tertiary/aromatic N) is 3. The highest BCUT2D eigenvalue weighted by Crippen LogP contribution is 2.26. The molecule has 0 aliphatic carbocycles. The zero-order valence-corrected chi connectivity index (χ0v) is 16.6. The third-order valence-corrected chi connectivity index (χ3v) is 5.96. The van der Waals surface area contributed by atoms with Gasteiger partial charge in [-0.25, -0.2) is 22.3 Å². The predicted octanol–water partition coefficient (Wildman–Crippen LogP) is 2.67. The van der Waals surface area contributed by atoms with Crippen LogP contribution < -0.4 is 5.32 Å². The molecule has 0 atom stereocenters. The van der Waals surface area contributed by atoms with Crippen LogP contribution in [0.1, 0.15) is 17.0 Å². The first kappa shape index (κ1) is 20.5. The number of sulfone groups is 1. The Bertz CT molecular complexity index is 1160. The van der Waals surface area contributed by atoms with Crippen molar-refractivity contribution in [1.29, 1.82) is 0 Å².